The standard InChI is InChI=1S/C13H19N3O2/c1-8-6-7-9(12(15)17)13(16-8)18-11-5-3-2-4-10(11)14/h6-7,10-11H,2-5,14H2,1H3,(H2,15,17). The van der Waals surface area contributed by atoms with Crippen molar-refractivity contribution < 1.29 is 9.53 Å². The number of carbonyl (C=O) groups is 1. The molecule has 2 rings (SSSR count). The lowest BCUT2D eigenvalue weighted by atomic mass is 9.93. The number of hydrogen-bond donors (Lipinski definition) is 2. The molecule has 1 saturated carbocycles. The summed E-state index contributed by atoms with van der Waals surface area (Å²) >= 11 is 0. The van der Waals surface area contributed by atoms with Gasteiger partial charge in [-0.05, 0) is 38.3 Å². The van der Waals surface area contributed by atoms with Crippen LogP contribution in [0, 0.1) is 6.92 Å². The normalized spacial score (nSPS) is 23.7. The van der Waals surface area contributed by atoms with E-state index in [1.807, 2.05) is 6.92 Å². The molecule has 1 amide bonds. The predicted octanol–water partition coefficient (Wildman–Crippen LogP) is 1.14. The first kappa shape index (κ1) is 12.8. The van der Waals surface area contributed by atoms with Crippen molar-refractivity contribution in [3.8, 4) is 5.88 Å². The van der Waals surface area contributed by atoms with E-state index in [2.05, 4.69) is 4.98 Å². The summed E-state index contributed by atoms with van der Waals surface area (Å²) in [6.45, 7) is 1.85. The molecule has 5 nitrogen and oxygen atoms in total. The van der Waals surface area contributed by atoms with Crippen LogP contribution in [0.3, 0.4) is 0 Å². The second-order valence-electron chi connectivity index (χ2n) is 4.77. The van der Waals surface area contributed by atoms with Crippen LogP contribution in [0.4, 0.5) is 0 Å². The van der Waals surface area contributed by atoms with Gasteiger partial charge in [0.05, 0.1) is 0 Å². The fourth-order valence-corrected chi connectivity index (χ4v) is 2.23. The van der Waals surface area contributed by atoms with Crippen LogP contribution in [0.15, 0.2) is 12.1 Å². The van der Waals surface area contributed by atoms with Crippen molar-refractivity contribution in [2.75, 3.05) is 0 Å². The number of aryl methyl sites for hydroxylation is 1. The molecule has 1 aliphatic carbocycles. The van der Waals surface area contributed by atoms with Gasteiger partial charge in [-0.15, -0.1) is 0 Å². The zero-order valence-electron chi connectivity index (χ0n) is 10.6. The zero-order chi connectivity index (χ0) is 13.1. The van der Waals surface area contributed by atoms with E-state index in [1.165, 1.54) is 0 Å². The second-order valence-corrected chi connectivity index (χ2v) is 4.77. The van der Waals surface area contributed by atoms with Crippen molar-refractivity contribution in [1.82, 2.24) is 4.98 Å². The summed E-state index contributed by atoms with van der Waals surface area (Å²) in [6.07, 6.45) is 3.99. The van der Waals surface area contributed by atoms with E-state index in [-0.39, 0.29) is 12.1 Å². The summed E-state index contributed by atoms with van der Waals surface area (Å²) in [5.41, 5.74) is 12.4. The second kappa shape index (κ2) is 5.35. The molecule has 4 N–H and O–H groups in total. The average molecular weight is 249 g/mol. The summed E-state index contributed by atoms with van der Waals surface area (Å²) in [5, 5.41) is 0. The molecule has 0 aromatic carbocycles. The van der Waals surface area contributed by atoms with Gasteiger partial charge in [-0.3, -0.25) is 4.79 Å². The molecular formula is C13H19N3O2. The Labute approximate surface area is 107 Å². The first-order chi connectivity index (χ1) is 8.58. The van der Waals surface area contributed by atoms with Crippen LogP contribution >= 0.6 is 0 Å². The maximum absolute atomic E-state index is 11.3. The maximum Gasteiger partial charge on any atom is 0.254 e. The number of primary amides is 1. The molecule has 1 aliphatic rings. The first-order valence-electron chi connectivity index (χ1n) is 6.27. The van der Waals surface area contributed by atoms with Crippen molar-refractivity contribution in [2.45, 2.75) is 44.8 Å². The smallest absolute Gasteiger partial charge is 0.254 e. The Balaban J connectivity index is 2.21. The fourth-order valence-electron chi connectivity index (χ4n) is 2.23. The van der Waals surface area contributed by atoms with E-state index in [1.54, 1.807) is 12.1 Å². The van der Waals surface area contributed by atoms with Crippen LogP contribution in [-0.4, -0.2) is 23.0 Å². The lowest BCUT2D eigenvalue weighted by Gasteiger charge is -2.29. The quantitative estimate of drug-likeness (QED) is 0.840. The molecule has 0 radical (unpaired) electrons. The highest BCUT2D eigenvalue weighted by Crippen LogP contribution is 2.24. The molecule has 0 aliphatic heterocycles. The Morgan fingerprint density at radius 2 is 2.11 bits per heavy atom. The topological polar surface area (TPSA) is 91.2 Å². The predicted molar refractivity (Wildman–Crippen MR) is 68.4 cm³/mol. The van der Waals surface area contributed by atoms with Gasteiger partial charge in [0.1, 0.15) is 11.7 Å². The van der Waals surface area contributed by atoms with E-state index < -0.39 is 5.91 Å². The van der Waals surface area contributed by atoms with E-state index in [4.69, 9.17) is 16.2 Å². The lowest BCUT2D eigenvalue weighted by Crippen LogP contribution is -2.41. The molecule has 1 fully saturated rings. The van der Waals surface area contributed by atoms with Crippen LogP contribution in [0.5, 0.6) is 5.88 Å². The lowest BCUT2D eigenvalue weighted by molar-refractivity contribution is 0.0975. The molecule has 1 heterocycles. The molecule has 1 aromatic heterocycles. The van der Waals surface area contributed by atoms with Crippen molar-refractivity contribution >= 4 is 5.91 Å². The molecule has 0 saturated heterocycles. The van der Waals surface area contributed by atoms with Crippen molar-refractivity contribution in [1.29, 1.82) is 0 Å². The molecular weight excluding hydrogens is 230 g/mol. The molecule has 1 aromatic rings. The number of nitrogens with two attached hydrogens (primary N) is 2. The van der Waals surface area contributed by atoms with Crippen LogP contribution in [-0.2, 0) is 0 Å². The molecule has 2 atom stereocenters. The number of pyridine rings is 1. The first-order valence-corrected chi connectivity index (χ1v) is 6.27. The van der Waals surface area contributed by atoms with Gasteiger partial charge in [-0.1, -0.05) is 6.42 Å². The molecule has 5 heteroatoms. The highest BCUT2D eigenvalue weighted by molar-refractivity contribution is 5.95. The number of nitrogens with zero attached hydrogens (tertiary/aromatic N) is 1. The number of ether oxygens (including phenoxy) is 1. The summed E-state index contributed by atoms with van der Waals surface area (Å²) in [6, 6.07) is 3.39. The minimum absolute atomic E-state index is 0.00166. The summed E-state index contributed by atoms with van der Waals surface area (Å²) in [4.78, 5) is 15.6. The van der Waals surface area contributed by atoms with Crippen LogP contribution in [0.2, 0.25) is 0 Å². The van der Waals surface area contributed by atoms with Gasteiger partial charge < -0.3 is 16.2 Å². The van der Waals surface area contributed by atoms with Crippen LogP contribution in [0.25, 0.3) is 0 Å². The minimum atomic E-state index is -0.526. The molecule has 98 valence electrons. The Kier molecular flexibility index (Phi) is 3.81. The van der Waals surface area contributed by atoms with Crippen molar-refractivity contribution in [3.05, 3.63) is 23.4 Å². The third-order valence-corrected chi connectivity index (χ3v) is 3.28. The average Bonchev–Trinajstić information content (AvgIpc) is 2.32. The molecule has 2 unspecified atom stereocenters. The number of aromatic nitrogens is 1. The van der Waals surface area contributed by atoms with E-state index >= 15 is 0 Å². The summed E-state index contributed by atoms with van der Waals surface area (Å²) in [5.74, 6) is -0.216. The number of hydrogen-bond acceptors (Lipinski definition) is 4. The minimum Gasteiger partial charge on any atom is -0.472 e. The van der Waals surface area contributed by atoms with Gasteiger partial charge in [-0.2, -0.15) is 0 Å². The maximum atomic E-state index is 11.3. The van der Waals surface area contributed by atoms with Gasteiger partial charge in [0.15, 0.2) is 0 Å². The zero-order valence-corrected chi connectivity index (χ0v) is 10.6. The molecule has 18 heavy (non-hydrogen) atoms. The van der Waals surface area contributed by atoms with Crippen molar-refractivity contribution in [2.24, 2.45) is 11.5 Å². The number of carbonyl (C=O) groups excluding carboxylic acids is 1. The van der Waals surface area contributed by atoms with Crippen LogP contribution < -0.4 is 16.2 Å². The summed E-state index contributed by atoms with van der Waals surface area (Å²) in [7, 11) is 0. The Morgan fingerprint density at radius 1 is 1.39 bits per heavy atom. The third kappa shape index (κ3) is 2.79. The van der Waals surface area contributed by atoms with E-state index in [9.17, 15) is 4.79 Å². The highest BCUT2D eigenvalue weighted by Gasteiger charge is 2.25. The molecule has 0 bridgehead atoms. The fraction of sp³-hybridized carbons (Fsp3) is 0.538. The van der Waals surface area contributed by atoms with Gasteiger partial charge >= 0.3 is 0 Å². The highest BCUT2D eigenvalue weighted by atomic mass is 16.5. The summed E-state index contributed by atoms with van der Waals surface area (Å²) < 4.78 is 5.80. The number of amides is 1. The Hall–Kier alpha value is -1.62. The van der Waals surface area contributed by atoms with E-state index in [0.29, 0.717) is 11.4 Å². The van der Waals surface area contributed by atoms with Crippen molar-refractivity contribution in [3.63, 3.8) is 0 Å². The Bertz CT molecular complexity index is 448. The van der Waals surface area contributed by atoms with Gasteiger partial charge in [-0.25, -0.2) is 4.98 Å². The van der Waals surface area contributed by atoms with Crippen LogP contribution in [0.1, 0.15) is 41.7 Å². The van der Waals surface area contributed by atoms with Gasteiger partial charge in [0.2, 0.25) is 5.88 Å². The number of rotatable bonds is 3. The third-order valence-electron chi connectivity index (χ3n) is 3.28. The largest absolute Gasteiger partial charge is 0.472 e. The Morgan fingerprint density at radius 3 is 2.78 bits per heavy atom. The van der Waals surface area contributed by atoms with Gasteiger partial charge in [0.25, 0.3) is 5.91 Å². The van der Waals surface area contributed by atoms with E-state index in [0.717, 1.165) is 31.4 Å². The molecule has 0 spiro atoms. The monoisotopic (exact) mass is 249 g/mol. The van der Waals surface area contributed by atoms with Gasteiger partial charge in [0, 0.05) is 11.7 Å². The SMILES string of the molecule is Cc1ccc(C(N)=O)c(OC2CCCCC2N)n1.